The van der Waals surface area contributed by atoms with Gasteiger partial charge in [-0.05, 0) is 44.5 Å². The second-order valence-corrected chi connectivity index (χ2v) is 6.41. The first-order chi connectivity index (χ1) is 9.55. The Labute approximate surface area is 121 Å². The smallest absolute Gasteiger partial charge is 0.198 e. The van der Waals surface area contributed by atoms with Crippen LogP contribution in [-0.2, 0) is 14.2 Å². The van der Waals surface area contributed by atoms with Gasteiger partial charge in [-0.1, -0.05) is 35.9 Å². The fraction of sp³-hybridized carbons (Fsp3) is 0.250. The molecule has 0 saturated heterocycles. The van der Waals surface area contributed by atoms with E-state index in [1.54, 1.807) is 0 Å². The van der Waals surface area contributed by atoms with Crippen molar-refractivity contribution in [3.63, 3.8) is 0 Å². The Morgan fingerprint density at radius 1 is 1.05 bits per heavy atom. The van der Waals surface area contributed by atoms with Crippen molar-refractivity contribution in [2.45, 2.75) is 25.7 Å². The van der Waals surface area contributed by atoms with Gasteiger partial charge in [-0.15, -0.1) is 0 Å². The highest BCUT2D eigenvalue weighted by Gasteiger charge is 2.13. The number of rotatable bonds is 4. The van der Waals surface area contributed by atoms with Crippen LogP contribution in [0.25, 0.3) is 0 Å². The Balaban J connectivity index is 2.58. The molecule has 0 saturated carbocycles. The molecule has 0 aliphatic rings. The van der Waals surface area contributed by atoms with Crippen LogP contribution in [-0.4, -0.2) is 10.8 Å². The second-order valence-electron chi connectivity index (χ2n) is 4.57. The highest BCUT2D eigenvalue weighted by Crippen LogP contribution is 2.25. The number of hydrogen-bond donors (Lipinski definition) is 0. The maximum Gasteiger partial charge on any atom is 0.198 e. The quantitative estimate of drug-likeness (QED) is 0.836. The van der Waals surface area contributed by atoms with Gasteiger partial charge in [0, 0.05) is 0 Å². The third kappa shape index (κ3) is 3.26. The monoisotopic (exact) mass is 289 g/mol. The summed E-state index contributed by atoms with van der Waals surface area (Å²) in [4.78, 5) is 0.605. The molecule has 0 radical (unpaired) electrons. The zero-order valence-corrected chi connectivity index (χ0v) is 12.8. The van der Waals surface area contributed by atoms with E-state index < -0.39 is 10.0 Å². The summed E-state index contributed by atoms with van der Waals surface area (Å²) in [5.74, 6) is 0. The largest absolute Gasteiger partial charge is 0.281 e. The van der Waals surface area contributed by atoms with Crippen LogP contribution in [0.4, 0.5) is 5.69 Å². The summed E-state index contributed by atoms with van der Waals surface area (Å²) in [6.45, 7) is 6.11. The van der Waals surface area contributed by atoms with Crippen LogP contribution in [0, 0.1) is 13.8 Å². The molecule has 3 nitrogen and oxygen atoms in total. The molecule has 20 heavy (non-hydrogen) atoms. The molecule has 0 fully saturated rings. The number of benzene rings is 2. The van der Waals surface area contributed by atoms with Crippen LogP contribution in [0.3, 0.4) is 0 Å². The van der Waals surface area contributed by atoms with E-state index in [-0.39, 0.29) is 0 Å². The molecule has 2 rings (SSSR count). The summed E-state index contributed by atoms with van der Waals surface area (Å²) in [6.07, 6.45) is 0. The van der Waals surface area contributed by atoms with Gasteiger partial charge in [0.25, 0.3) is 0 Å². The third-order valence-corrected chi connectivity index (χ3v) is 4.79. The SMILES string of the molecule is CCOS(=O)(=Nc1ccccc1C)c1ccc(C)cc1. The highest BCUT2D eigenvalue weighted by atomic mass is 32.2. The van der Waals surface area contributed by atoms with Crippen molar-refractivity contribution >= 4 is 15.7 Å². The minimum absolute atomic E-state index is 0.349. The number of aryl methyl sites for hydroxylation is 2. The molecule has 0 amide bonds. The molecule has 0 aliphatic carbocycles. The maximum absolute atomic E-state index is 13.0. The van der Waals surface area contributed by atoms with Gasteiger partial charge in [-0.3, -0.25) is 4.18 Å². The first-order valence-corrected chi connectivity index (χ1v) is 8.03. The van der Waals surface area contributed by atoms with Crippen LogP contribution in [0.1, 0.15) is 18.1 Å². The van der Waals surface area contributed by atoms with Crippen LogP contribution in [0.15, 0.2) is 57.8 Å². The van der Waals surface area contributed by atoms with Gasteiger partial charge in [-0.25, -0.2) is 4.21 Å². The van der Waals surface area contributed by atoms with E-state index >= 15 is 0 Å². The van der Waals surface area contributed by atoms with E-state index in [1.807, 2.05) is 69.3 Å². The van der Waals surface area contributed by atoms with Gasteiger partial charge in [0.15, 0.2) is 10.0 Å². The predicted octanol–water partition coefficient (Wildman–Crippen LogP) is 4.41. The van der Waals surface area contributed by atoms with Crippen LogP contribution in [0.2, 0.25) is 0 Å². The molecule has 1 unspecified atom stereocenters. The Hall–Kier alpha value is -1.65. The van der Waals surface area contributed by atoms with E-state index in [2.05, 4.69) is 4.36 Å². The number of hydrogen-bond acceptors (Lipinski definition) is 3. The van der Waals surface area contributed by atoms with Crippen LogP contribution >= 0.6 is 0 Å². The summed E-state index contributed by atoms with van der Waals surface area (Å²) < 4.78 is 22.9. The first kappa shape index (κ1) is 14.8. The van der Waals surface area contributed by atoms with E-state index in [4.69, 9.17) is 4.18 Å². The molecule has 0 bridgehead atoms. The fourth-order valence-corrected chi connectivity index (χ4v) is 3.37. The lowest BCUT2D eigenvalue weighted by Crippen LogP contribution is -2.06. The minimum atomic E-state index is -2.89. The summed E-state index contributed by atoms with van der Waals surface area (Å²) in [7, 11) is -2.89. The lowest BCUT2D eigenvalue weighted by molar-refractivity contribution is 0.364. The van der Waals surface area contributed by atoms with E-state index in [0.717, 1.165) is 11.1 Å². The van der Waals surface area contributed by atoms with Crippen molar-refractivity contribution in [3.05, 3.63) is 59.7 Å². The fourth-order valence-electron chi connectivity index (χ4n) is 1.81. The molecular formula is C16H19NO2S. The van der Waals surface area contributed by atoms with Crippen molar-refractivity contribution in [2.24, 2.45) is 4.36 Å². The van der Waals surface area contributed by atoms with E-state index in [1.165, 1.54) is 0 Å². The maximum atomic E-state index is 13.0. The molecule has 4 heteroatoms. The highest BCUT2D eigenvalue weighted by molar-refractivity contribution is 7.89. The number of nitrogens with zero attached hydrogens (tertiary/aromatic N) is 1. The summed E-state index contributed by atoms with van der Waals surface area (Å²) >= 11 is 0. The standard InChI is InChI=1S/C16H19NO2S/c1-4-19-20(18,15-11-9-13(2)10-12-15)17-16-8-6-5-7-14(16)3/h5-12H,4H2,1-3H3. The molecular weight excluding hydrogens is 270 g/mol. The van der Waals surface area contributed by atoms with Gasteiger partial charge in [0.1, 0.15) is 0 Å². The molecule has 0 aromatic heterocycles. The Morgan fingerprint density at radius 2 is 1.70 bits per heavy atom. The summed E-state index contributed by atoms with van der Waals surface area (Å²) in [6, 6.07) is 15.1. The van der Waals surface area contributed by atoms with Crippen molar-refractivity contribution in [3.8, 4) is 0 Å². The van der Waals surface area contributed by atoms with Gasteiger partial charge < -0.3 is 0 Å². The van der Waals surface area contributed by atoms with E-state index in [0.29, 0.717) is 17.2 Å². The van der Waals surface area contributed by atoms with Gasteiger partial charge in [0.05, 0.1) is 17.2 Å². The van der Waals surface area contributed by atoms with Crippen LogP contribution in [0.5, 0.6) is 0 Å². The van der Waals surface area contributed by atoms with Crippen LogP contribution < -0.4 is 0 Å². The molecule has 2 aromatic rings. The van der Waals surface area contributed by atoms with E-state index in [9.17, 15) is 4.21 Å². The molecule has 106 valence electrons. The van der Waals surface area contributed by atoms with Gasteiger partial charge in [-0.2, -0.15) is 4.36 Å². The summed E-state index contributed by atoms with van der Waals surface area (Å²) in [5.41, 5.74) is 2.79. The van der Waals surface area contributed by atoms with Crippen molar-refractivity contribution < 1.29 is 8.39 Å². The molecule has 0 heterocycles. The lowest BCUT2D eigenvalue weighted by Gasteiger charge is -2.11. The van der Waals surface area contributed by atoms with Gasteiger partial charge in [0.2, 0.25) is 0 Å². The second kappa shape index (κ2) is 6.20. The zero-order chi connectivity index (χ0) is 14.6. The topological polar surface area (TPSA) is 38.7 Å². The zero-order valence-electron chi connectivity index (χ0n) is 12.0. The Kier molecular flexibility index (Phi) is 4.57. The third-order valence-electron chi connectivity index (χ3n) is 2.93. The Morgan fingerprint density at radius 3 is 2.30 bits per heavy atom. The minimum Gasteiger partial charge on any atom is -0.281 e. The molecule has 0 spiro atoms. The average molecular weight is 289 g/mol. The Bertz CT molecular complexity index is 699. The van der Waals surface area contributed by atoms with Crippen molar-refractivity contribution in [2.75, 3.05) is 6.61 Å². The lowest BCUT2D eigenvalue weighted by atomic mass is 10.2. The van der Waals surface area contributed by atoms with Gasteiger partial charge >= 0.3 is 0 Å². The summed E-state index contributed by atoms with van der Waals surface area (Å²) in [5, 5.41) is 0. The molecule has 1 atom stereocenters. The average Bonchev–Trinajstić information content (AvgIpc) is 2.42. The van der Waals surface area contributed by atoms with Crippen molar-refractivity contribution in [1.82, 2.24) is 0 Å². The van der Waals surface area contributed by atoms with Crippen molar-refractivity contribution in [1.29, 1.82) is 0 Å². The molecule has 0 aliphatic heterocycles. The predicted molar refractivity (Wildman–Crippen MR) is 82.5 cm³/mol. The normalized spacial score (nSPS) is 13.8. The molecule has 2 aromatic carbocycles. The first-order valence-electron chi connectivity index (χ1n) is 6.59. The molecule has 0 N–H and O–H groups in total.